The van der Waals surface area contributed by atoms with Crippen molar-refractivity contribution in [3.63, 3.8) is 0 Å². The minimum absolute atomic E-state index is 0.0385. The molecule has 0 radical (unpaired) electrons. The lowest BCUT2D eigenvalue weighted by molar-refractivity contribution is -0.0729. The normalized spacial score (nSPS) is 21.1. The molecule has 0 bridgehead atoms. The van der Waals surface area contributed by atoms with Crippen LogP contribution in [-0.4, -0.2) is 83.8 Å². The third-order valence-corrected chi connectivity index (χ3v) is 8.14. The van der Waals surface area contributed by atoms with Crippen LogP contribution in [0.1, 0.15) is 68.1 Å². The number of aliphatic hydroxyl groups is 1. The maximum atomic E-state index is 9.80. The zero-order chi connectivity index (χ0) is 29.6. The van der Waals surface area contributed by atoms with E-state index in [-0.39, 0.29) is 24.2 Å². The Morgan fingerprint density at radius 1 is 0.881 bits per heavy atom. The van der Waals surface area contributed by atoms with Crippen LogP contribution in [0.15, 0.2) is 42.5 Å². The number of aliphatic hydroxyl groups excluding tert-OH is 1. The molecule has 42 heavy (non-hydrogen) atoms. The molecule has 1 saturated carbocycles. The average Bonchev–Trinajstić information content (AvgIpc) is 3.00. The van der Waals surface area contributed by atoms with Gasteiger partial charge >= 0.3 is 0 Å². The summed E-state index contributed by atoms with van der Waals surface area (Å²) < 4.78 is 35.2. The van der Waals surface area contributed by atoms with Gasteiger partial charge in [0.25, 0.3) is 0 Å². The quantitative estimate of drug-likeness (QED) is 0.230. The van der Waals surface area contributed by atoms with Gasteiger partial charge in [0.2, 0.25) is 0 Å². The van der Waals surface area contributed by atoms with Crippen LogP contribution in [0.25, 0.3) is 0 Å². The topological polar surface area (TPSA) is 78.9 Å². The highest BCUT2D eigenvalue weighted by Crippen LogP contribution is 2.39. The monoisotopic (exact) mass is 585 g/mol. The van der Waals surface area contributed by atoms with Crippen LogP contribution in [0, 0.1) is 0 Å². The van der Waals surface area contributed by atoms with Crippen LogP contribution in [-0.2, 0) is 36.9 Å². The predicted molar refractivity (Wildman–Crippen MR) is 164 cm³/mol. The molecule has 1 aliphatic carbocycles. The molecule has 1 aliphatic heterocycles. The smallest absolute Gasteiger partial charge is 0.142 e. The minimum atomic E-state index is -0.371. The maximum absolute atomic E-state index is 9.80. The van der Waals surface area contributed by atoms with E-state index in [1.165, 1.54) is 5.56 Å². The van der Waals surface area contributed by atoms with E-state index >= 15 is 0 Å². The zero-order valence-electron chi connectivity index (χ0n) is 25.8. The Bertz CT molecular complexity index is 1030. The van der Waals surface area contributed by atoms with Gasteiger partial charge in [-0.25, -0.2) is 0 Å². The van der Waals surface area contributed by atoms with Gasteiger partial charge in [-0.1, -0.05) is 30.3 Å². The summed E-state index contributed by atoms with van der Waals surface area (Å²) in [7, 11) is 3.46. The molecule has 1 N–H and O–H groups in total. The largest absolute Gasteiger partial charge is 0.490 e. The molecule has 8 heteroatoms. The number of hydrogen-bond acceptors (Lipinski definition) is 8. The number of nitrogens with zero attached hydrogens (tertiary/aromatic N) is 1. The molecule has 8 nitrogen and oxygen atoms in total. The summed E-state index contributed by atoms with van der Waals surface area (Å²) in [5.74, 6) is 1.06. The van der Waals surface area contributed by atoms with Gasteiger partial charge in [-0.2, -0.15) is 0 Å². The molecule has 0 unspecified atom stereocenters. The lowest BCUT2D eigenvalue weighted by Crippen LogP contribution is -2.38. The molecule has 234 valence electrons. The SMILES string of the molecule is COCCCOCc1ccc([C@@H]2[C@@H](OCc3ccc4c(c3)N(CCCOC)CCO4)CCC[C@H]2OCC[C@H](C)O)cc1. The predicted octanol–water partition coefficient (Wildman–Crippen LogP) is 5.48. The van der Waals surface area contributed by atoms with Gasteiger partial charge < -0.3 is 38.4 Å². The standard InChI is InChI=1S/C34H51NO7/c1-26(36)15-21-40-32-7-4-8-33(34(32)29-12-9-27(10-13-29)24-39-20-6-19-38-3)42-25-28-11-14-31-30(23-28)35(17-22-41-31)16-5-18-37-2/h9-14,23,26,32-34,36H,4-8,15-22,24-25H2,1-3H3/t26-,32+,33-,34-/m0/s1. The van der Waals surface area contributed by atoms with Gasteiger partial charge in [0.15, 0.2) is 0 Å². The molecule has 2 aliphatic rings. The molecule has 2 aromatic carbocycles. The number of anilines is 1. The van der Waals surface area contributed by atoms with E-state index < -0.39 is 0 Å². The summed E-state index contributed by atoms with van der Waals surface area (Å²) in [6, 6.07) is 15.1. The Labute approximate surface area is 252 Å². The first-order chi connectivity index (χ1) is 20.6. The number of methoxy groups -OCH3 is 2. The third-order valence-electron chi connectivity index (χ3n) is 8.14. The molecule has 0 spiro atoms. The fraction of sp³-hybridized carbons (Fsp3) is 0.647. The summed E-state index contributed by atoms with van der Waals surface area (Å²) >= 11 is 0. The fourth-order valence-corrected chi connectivity index (χ4v) is 5.89. The van der Waals surface area contributed by atoms with Gasteiger partial charge in [-0.05, 0) is 74.3 Å². The van der Waals surface area contributed by atoms with Crippen molar-refractivity contribution in [2.24, 2.45) is 0 Å². The van der Waals surface area contributed by atoms with E-state index in [4.69, 9.17) is 28.4 Å². The summed E-state index contributed by atoms with van der Waals surface area (Å²) in [5, 5.41) is 9.80. The van der Waals surface area contributed by atoms with Crippen molar-refractivity contribution in [1.29, 1.82) is 0 Å². The van der Waals surface area contributed by atoms with Crippen molar-refractivity contribution in [2.75, 3.05) is 65.2 Å². The Morgan fingerprint density at radius 2 is 1.62 bits per heavy atom. The molecular formula is C34H51NO7. The zero-order valence-corrected chi connectivity index (χ0v) is 25.8. The number of rotatable bonds is 18. The van der Waals surface area contributed by atoms with E-state index in [1.807, 2.05) is 6.92 Å². The van der Waals surface area contributed by atoms with Gasteiger partial charge in [0.1, 0.15) is 12.4 Å². The highest BCUT2D eigenvalue weighted by Gasteiger charge is 2.36. The lowest BCUT2D eigenvalue weighted by atomic mass is 9.79. The summed E-state index contributed by atoms with van der Waals surface area (Å²) in [5.41, 5.74) is 4.67. The molecule has 1 heterocycles. The van der Waals surface area contributed by atoms with Crippen molar-refractivity contribution in [2.45, 2.75) is 82.9 Å². The number of hydrogen-bond donors (Lipinski definition) is 1. The van der Waals surface area contributed by atoms with Gasteiger partial charge in [-0.15, -0.1) is 0 Å². The van der Waals surface area contributed by atoms with E-state index in [1.54, 1.807) is 14.2 Å². The lowest BCUT2D eigenvalue weighted by Gasteiger charge is -2.38. The van der Waals surface area contributed by atoms with Crippen molar-refractivity contribution in [1.82, 2.24) is 0 Å². The van der Waals surface area contributed by atoms with E-state index in [2.05, 4.69) is 47.4 Å². The second-order valence-corrected chi connectivity index (χ2v) is 11.5. The van der Waals surface area contributed by atoms with E-state index in [0.717, 1.165) is 74.4 Å². The van der Waals surface area contributed by atoms with Gasteiger partial charge in [0.05, 0.1) is 43.8 Å². The first kappa shape index (κ1) is 32.7. The Kier molecular flexibility index (Phi) is 13.9. The van der Waals surface area contributed by atoms with Crippen molar-refractivity contribution >= 4 is 5.69 Å². The molecule has 2 aromatic rings. The van der Waals surface area contributed by atoms with Crippen molar-refractivity contribution in [3.8, 4) is 5.75 Å². The molecule has 0 amide bonds. The summed E-state index contributed by atoms with van der Waals surface area (Å²) in [4.78, 5) is 2.39. The van der Waals surface area contributed by atoms with Crippen LogP contribution in [0.3, 0.4) is 0 Å². The molecule has 4 rings (SSSR count). The Morgan fingerprint density at radius 3 is 2.38 bits per heavy atom. The average molecular weight is 586 g/mol. The Balaban J connectivity index is 1.44. The maximum Gasteiger partial charge on any atom is 0.142 e. The number of ether oxygens (including phenoxy) is 6. The van der Waals surface area contributed by atoms with Crippen LogP contribution in [0.5, 0.6) is 5.75 Å². The van der Waals surface area contributed by atoms with Crippen LogP contribution >= 0.6 is 0 Å². The van der Waals surface area contributed by atoms with E-state index in [9.17, 15) is 5.11 Å². The van der Waals surface area contributed by atoms with Crippen molar-refractivity contribution < 1.29 is 33.5 Å². The van der Waals surface area contributed by atoms with Gasteiger partial charge in [-0.3, -0.25) is 0 Å². The molecule has 0 saturated heterocycles. The van der Waals surface area contributed by atoms with Crippen LogP contribution in [0.4, 0.5) is 5.69 Å². The summed E-state index contributed by atoms with van der Waals surface area (Å²) in [6.45, 7) is 8.16. The highest BCUT2D eigenvalue weighted by atomic mass is 16.5. The molecule has 1 fully saturated rings. The summed E-state index contributed by atoms with van der Waals surface area (Å²) in [6.07, 6.45) is 5.25. The van der Waals surface area contributed by atoms with E-state index in [0.29, 0.717) is 46.1 Å². The second kappa shape index (κ2) is 17.8. The Hall–Kier alpha value is -2.20. The highest BCUT2D eigenvalue weighted by molar-refractivity contribution is 5.61. The molecule has 0 aromatic heterocycles. The number of fused-ring (bicyclic) bond motifs is 1. The van der Waals surface area contributed by atoms with Crippen molar-refractivity contribution in [3.05, 3.63) is 59.2 Å². The minimum Gasteiger partial charge on any atom is -0.490 e. The molecular weight excluding hydrogens is 534 g/mol. The first-order valence-corrected chi connectivity index (χ1v) is 15.7. The third kappa shape index (κ3) is 9.93. The molecule has 4 atom stereocenters. The van der Waals surface area contributed by atoms with Crippen LogP contribution in [0.2, 0.25) is 0 Å². The second-order valence-electron chi connectivity index (χ2n) is 11.5. The van der Waals surface area contributed by atoms with Crippen LogP contribution < -0.4 is 9.64 Å². The number of benzene rings is 2. The fourth-order valence-electron chi connectivity index (χ4n) is 5.89. The van der Waals surface area contributed by atoms with Gasteiger partial charge in [0, 0.05) is 53.1 Å². The first-order valence-electron chi connectivity index (χ1n) is 15.7.